The van der Waals surface area contributed by atoms with Gasteiger partial charge in [-0.25, -0.2) is 4.39 Å². The van der Waals surface area contributed by atoms with Gasteiger partial charge in [0.15, 0.2) is 0 Å². The zero-order valence-corrected chi connectivity index (χ0v) is 13.8. The molecule has 2 rings (SSSR count). The lowest BCUT2D eigenvalue weighted by Crippen LogP contribution is -2.32. The van der Waals surface area contributed by atoms with Crippen LogP contribution >= 0.6 is 15.9 Å². The maximum absolute atomic E-state index is 13.9. The minimum Gasteiger partial charge on any atom is -0.330 e. The molecule has 0 aliphatic heterocycles. The van der Waals surface area contributed by atoms with Crippen LogP contribution in [0.2, 0.25) is 0 Å². The van der Waals surface area contributed by atoms with Crippen molar-refractivity contribution >= 4 is 15.9 Å². The average Bonchev–Trinajstić information content (AvgIpc) is 2.44. The van der Waals surface area contributed by atoms with Crippen molar-refractivity contribution in [3.63, 3.8) is 0 Å². The lowest BCUT2D eigenvalue weighted by atomic mass is 9.70. The molecule has 0 spiro atoms. The molecule has 20 heavy (non-hydrogen) atoms. The van der Waals surface area contributed by atoms with Gasteiger partial charge in [-0.2, -0.15) is 0 Å². The first-order valence-corrected chi connectivity index (χ1v) is 8.57. The molecule has 1 aromatic rings. The highest BCUT2D eigenvalue weighted by Crippen LogP contribution is 2.38. The van der Waals surface area contributed by atoms with Crippen LogP contribution in [0.1, 0.15) is 44.6 Å². The summed E-state index contributed by atoms with van der Waals surface area (Å²) in [5, 5.41) is 0. The third-order valence-corrected chi connectivity index (χ3v) is 5.23. The van der Waals surface area contributed by atoms with Crippen LogP contribution in [0.15, 0.2) is 22.7 Å². The molecule has 1 aromatic carbocycles. The minimum atomic E-state index is -0.0819. The van der Waals surface area contributed by atoms with Crippen LogP contribution in [0.25, 0.3) is 0 Å². The van der Waals surface area contributed by atoms with Crippen molar-refractivity contribution in [3.8, 4) is 0 Å². The molecule has 0 saturated heterocycles. The Balaban J connectivity index is 2.09. The second kappa shape index (κ2) is 7.56. The summed E-state index contributed by atoms with van der Waals surface area (Å²) in [6.45, 7) is 2.98. The van der Waals surface area contributed by atoms with Crippen LogP contribution in [-0.4, -0.2) is 6.54 Å². The molecule has 3 heteroatoms. The molecule has 3 unspecified atom stereocenters. The van der Waals surface area contributed by atoms with Crippen molar-refractivity contribution in [2.45, 2.75) is 45.4 Å². The quantitative estimate of drug-likeness (QED) is 0.807. The van der Waals surface area contributed by atoms with Gasteiger partial charge < -0.3 is 5.73 Å². The molecule has 0 aromatic heterocycles. The van der Waals surface area contributed by atoms with E-state index in [9.17, 15) is 4.39 Å². The zero-order chi connectivity index (χ0) is 14.5. The summed E-state index contributed by atoms with van der Waals surface area (Å²) >= 11 is 3.44. The van der Waals surface area contributed by atoms with Crippen molar-refractivity contribution < 1.29 is 4.39 Å². The van der Waals surface area contributed by atoms with Crippen LogP contribution in [-0.2, 0) is 6.42 Å². The first kappa shape index (κ1) is 16.0. The van der Waals surface area contributed by atoms with E-state index in [-0.39, 0.29) is 5.82 Å². The lowest BCUT2D eigenvalue weighted by Gasteiger charge is -2.36. The first-order valence-electron chi connectivity index (χ1n) is 7.78. The molecule has 1 saturated carbocycles. The van der Waals surface area contributed by atoms with Gasteiger partial charge in [-0.05, 0) is 67.3 Å². The average molecular weight is 342 g/mol. The monoisotopic (exact) mass is 341 g/mol. The summed E-state index contributed by atoms with van der Waals surface area (Å²) in [5.41, 5.74) is 6.76. The number of hydrogen-bond acceptors (Lipinski definition) is 1. The molecule has 112 valence electrons. The van der Waals surface area contributed by atoms with E-state index in [1.54, 1.807) is 12.1 Å². The topological polar surface area (TPSA) is 26.0 Å². The van der Waals surface area contributed by atoms with Gasteiger partial charge in [0.1, 0.15) is 5.82 Å². The molecule has 0 amide bonds. The highest BCUT2D eigenvalue weighted by Gasteiger charge is 2.29. The van der Waals surface area contributed by atoms with Crippen molar-refractivity contribution in [2.24, 2.45) is 23.5 Å². The molecule has 0 bridgehead atoms. The highest BCUT2D eigenvalue weighted by molar-refractivity contribution is 9.10. The van der Waals surface area contributed by atoms with Crippen molar-refractivity contribution in [2.75, 3.05) is 6.54 Å². The van der Waals surface area contributed by atoms with Gasteiger partial charge in [0.05, 0.1) is 0 Å². The van der Waals surface area contributed by atoms with Gasteiger partial charge in [0.2, 0.25) is 0 Å². The fourth-order valence-electron chi connectivity index (χ4n) is 3.64. The smallest absolute Gasteiger partial charge is 0.126 e. The first-order chi connectivity index (χ1) is 9.63. The molecular weight excluding hydrogens is 317 g/mol. The minimum absolute atomic E-state index is 0.0819. The number of benzene rings is 1. The van der Waals surface area contributed by atoms with E-state index >= 15 is 0 Å². The number of halogens is 2. The SMILES string of the molecule is CCCC1CCC(CN)C(Cc2cc(Br)ccc2F)C1. The zero-order valence-electron chi connectivity index (χ0n) is 12.2. The van der Waals surface area contributed by atoms with Crippen LogP contribution in [0.5, 0.6) is 0 Å². The van der Waals surface area contributed by atoms with Gasteiger partial charge in [0.25, 0.3) is 0 Å². The maximum Gasteiger partial charge on any atom is 0.126 e. The van der Waals surface area contributed by atoms with E-state index in [4.69, 9.17) is 5.73 Å². The van der Waals surface area contributed by atoms with E-state index in [2.05, 4.69) is 22.9 Å². The Bertz CT molecular complexity index is 435. The fourth-order valence-corrected chi connectivity index (χ4v) is 4.05. The molecule has 3 atom stereocenters. The van der Waals surface area contributed by atoms with E-state index < -0.39 is 0 Å². The Morgan fingerprint density at radius 3 is 2.80 bits per heavy atom. The third kappa shape index (κ3) is 4.05. The normalized spacial score (nSPS) is 26.7. The highest BCUT2D eigenvalue weighted by atomic mass is 79.9. The van der Waals surface area contributed by atoms with E-state index in [1.807, 2.05) is 6.07 Å². The summed E-state index contributed by atoms with van der Waals surface area (Å²) in [4.78, 5) is 0. The van der Waals surface area contributed by atoms with Crippen LogP contribution < -0.4 is 5.73 Å². The molecular formula is C17H25BrFN. The van der Waals surface area contributed by atoms with Crippen LogP contribution in [0.3, 0.4) is 0 Å². The summed E-state index contributed by atoms with van der Waals surface area (Å²) in [6, 6.07) is 5.25. The third-order valence-electron chi connectivity index (χ3n) is 4.74. The predicted octanol–water partition coefficient (Wildman–Crippen LogP) is 4.92. The number of rotatable bonds is 5. The van der Waals surface area contributed by atoms with Gasteiger partial charge >= 0.3 is 0 Å². The number of hydrogen-bond donors (Lipinski definition) is 1. The van der Waals surface area contributed by atoms with Crippen molar-refractivity contribution in [1.29, 1.82) is 0 Å². The van der Waals surface area contributed by atoms with E-state index in [0.29, 0.717) is 11.8 Å². The molecule has 1 nitrogen and oxygen atoms in total. The fraction of sp³-hybridized carbons (Fsp3) is 0.647. The molecule has 1 aliphatic rings. The Labute approximate surface area is 130 Å². The largest absolute Gasteiger partial charge is 0.330 e. The Morgan fingerprint density at radius 2 is 2.10 bits per heavy atom. The number of nitrogens with two attached hydrogens (primary N) is 1. The molecule has 1 aliphatic carbocycles. The van der Waals surface area contributed by atoms with Crippen LogP contribution in [0.4, 0.5) is 4.39 Å². The van der Waals surface area contributed by atoms with Gasteiger partial charge in [0, 0.05) is 4.47 Å². The molecule has 2 N–H and O–H groups in total. The second-order valence-electron chi connectivity index (χ2n) is 6.16. The predicted molar refractivity (Wildman–Crippen MR) is 86.1 cm³/mol. The van der Waals surface area contributed by atoms with E-state index in [0.717, 1.165) is 28.9 Å². The van der Waals surface area contributed by atoms with Crippen LogP contribution in [0, 0.1) is 23.6 Å². The standard InChI is InChI=1S/C17H25BrFN/c1-2-3-12-4-5-13(11-20)14(8-12)9-15-10-16(18)6-7-17(15)19/h6-7,10,12-14H,2-5,8-9,11,20H2,1H3. The van der Waals surface area contributed by atoms with E-state index in [1.165, 1.54) is 32.1 Å². The lowest BCUT2D eigenvalue weighted by molar-refractivity contribution is 0.175. The van der Waals surface area contributed by atoms with Gasteiger partial charge in [-0.15, -0.1) is 0 Å². The summed E-state index contributed by atoms with van der Waals surface area (Å²) < 4.78 is 14.9. The molecule has 0 heterocycles. The van der Waals surface area contributed by atoms with Crippen molar-refractivity contribution in [1.82, 2.24) is 0 Å². The molecule has 0 radical (unpaired) electrons. The summed E-state index contributed by atoms with van der Waals surface area (Å²) in [6.07, 6.45) is 7.09. The Morgan fingerprint density at radius 1 is 1.30 bits per heavy atom. The summed E-state index contributed by atoms with van der Waals surface area (Å²) in [5.74, 6) is 1.82. The second-order valence-corrected chi connectivity index (χ2v) is 7.08. The summed E-state index contributed by atoms with van der Waals surface area (Å²) in [7, 11) is 0. The molecule has 1 fully saturated rings. The van der Waals surface area contributed by atoms with Gasteiger partial charge in [-0.3, -0.25) is 0 Å². The maximum atomic E-state index is 13.9. The Kier molecular flexibility index (Phi) is 6.03. The van der Waals surface area contributed by atoms with Gasteiger partial charge in [-0.1, -0.05) is 42.1 Å². The van der Waals surface area contributed by atoms with Crippen molar-refractivity contribution in [3.05, 3.63) is 34.1 Å². The Hall–Kier alpha value is -0.410.